The summed E-state index contributed by atoms with van der Waals surface area (Å²) in [7, 11) is 0. The van der Waals surface area contributed by atoms with E-state index in [0.717, 1.165) is 10.4 Å². The van der Waals surface area contributed by atoms with Crippen LogP contribution in [0.5, 0.6) is 0 Å². The first-order valence-corrected chi connectivity index (χ1v) is 9.52. The number of hydrogen-bond donors (Lipinski definition) is 2. The maximum absolute atomic E-state index is 12.4. The van der Waals surface area contributed by atoms with E-state index in [4.69, 9.17) is 16.1 Å². The molecule has 140 valence electrons. The zero-order valence-corrected chi connectivity index (χ0v) is 16.6. The van der Waals surface area contributed by atoms with Crippen LogP contribution in [0.25, 0.3) is 10.4 Å². The van der Waals surface area contributed by atoms with Crippen molar-refractivity contribution in [2.45, 2.75) is 27.2 Å². The molecule has 0 spiro atoms. The van der Waals surface area contributed by atoms with Crippen LogP contribution in [0.2, 0.25) is 5.02 Å². The first-order valence-electron chi connectivity index (χ1n) is 8.33. The second kappa shape index (κ2) is 7.94. The zero-order chi connectivity index (χ0) is 19.6. The van der Waals surface area contributed by atoms with Crippen molar-refractivity contribution >= 4 is 46.1 Å². The molecule has 0 aliphatic rings. The van der Waals surface area contributed by atoms with Crippen LogP contribution in [0, 0.1) is 13.8 Å². The minimum absolute atomic E-state index is 0.0344. The minimum atomic E-state index is -0.463. The van der Waals surface area contributed by atoms with Gasteiger partial charge in [-0.25, -0.2) is 4.79 Å². The Morgan fingerprint density at radius 2 is 1.89 bits per heavy atom. The highest BCUT2D eigenvalue weighted by Crippen LogP contribution is 2.36. The number of amides is 2. The largest absolute Gasteiger partial charge is 0.359 e. The fraction of sp³-hybridized carbons (Fsp3) is 0.211. The normalized spacial score (nSPS) is 10.7. The van der Waals surface area contributed by atoms with E-state index < -0.39 is 6.03 Å². The summed E-state index contributed by atoms with van der Waals surface area (Å²) in [5, 5.41) is 9.92. The number of benzene rings is 1. The van der Waals surface area contributed by atoms with Gasteiger partial charge in [0.1, 0.15) is 11.4 Å². The molecule has 2 aromatic heterocycles. The number of ketones is 1. The highest BCUT2D eigenvalue weighted by atomic mass is 35.5. The third kappa shape index (κ3) is 4.20. The van der Waals surface area contributed by atoms with Crippen LogP contribution < -0.4 is 10.6 Å². The van der Waals surface area contributed by atoms with Crippen LogP contribution in [0.1, 0.15) is 34.5 Å². The molecule has 0 aliphatic carbocycles. The maximum atomic E-state index is 12.4. The van der Waals surface area contributed by atoms with Gasteiger partial charge >= 0.3 is 6.03 Å². The molecule has 2 N–H and O–H groups in total. The number of anilines is 2. The Morgan fingerprint density at radius 3 is 2.48 bits per heavy atom. The van der Waals surface area contributed by atoms with Gasteiger partial charge in [-0.2, -0.15) is 0 Å². The van der Waals surface area contributed by atoms with Crippen LogP contribution >= 0.6 is 22.9 Å². The Balaban J connectivity index is 1.88. The summed E-state index contributed by atoms with van der Waals surface area (Å²) in [6.07, 6.45) is 0.348. The molecule has 1 aromatic carbocycles. The number of aromatic nitrogens is 1. The molecule has 27 heavy (non-hydrogen) atoms. The first kappa shape index (κ1) is 19.1. The van der Waals surface area contributed by atoms with Crippen molar-refractivity contribution in [3.63, 3.8) is 0 Å². The second-order valence-corrected chi connectivity index (χ2v) is 7.40. The number of hydrogen-bond acceptors (Lipinski definition) is 5. The van der Waals surface area contributed by atoms with Crippen molar-refractivity contribution in [3.8, 4) is 10.4 Å². The molecule has 6 nitrogen and oxygen atoms in total. The van der Waals surface area contributed by atoms with E-state index in [1.807, 2.05) is 12.1 Å². The molecule has 2 amide bonds. The molecule has 3 aromatic rings. The van der Waals surface area contributed by atoms with E-state index in [1.165, 1.54) is 11.3 Å². The lowest BCUT2D eigenvalue weighted by Crippen LogP contribution is -2.20. The number of carbonyl (C=O) groups is 2. The molecule has 0 aliphatic heterocycles. The predicted octanol–water partition coefficient (Wildman–Crippen LogP) is 5.91. The summed E-state index contributed by atoms with van der Waals surface area (Å²) in [6, 6.07) is 8.66. The number of Topliss-reactive ketones (excluding diaryl/α,β-unsaturated/α-hetero) is 1. The van der Waals surface area contributed by atoms with Gasteiger partial charge in [0.15, 0.2) is 11.5 Å². The Kier molecular flexibility index (Phi) is 5.62. The Hall–Kier alpha value is -2.64. The monoisotopic (exact) mass is 403 g/mol. The van der Waals surface area contributed by atoms with Gasteiger partial charge in [-0.1, -0.05) is 35.8 Å². The van der Waals surface area contributed by atoms with E-state index in [-0.39, 0.29) is 5.78 Å². The number of halogens is 1. The molecule has 0 radical (unpaired) electrons. The van der Waals surface area contributed by atoms with E-state index in [9.17, 15) is 9.59 Å². The topological polar surface area (TPSA) is 84.2 Å². The van der Waals surface area contributed by atoms with Gasteiger partial charge in [-0.3, -0.25) is 4.79 Å². The van der Waals surface area contributed by atoms with E-state index in [1.54, 1.807) is 39.0 Å². The lowest BCUT2D eigenvalue weighted by molar-refractivity contribution is 0.0993. The molecule has 3 rings (SSSR count). The SMILES string of the molecule is CCC(=O)c1sc(-c2ccc(Cl)cc2)cc1NC(=O)Nc1c(C)noc1C. The Bertz CT molecular complexity index is 973. The van der Waals surface area contributed by atoms with Crippen molar-refractivity contribution in [1.82, 2.24) is 5.16 Å². The van der Waals surface area contributed by atoms with Gasteiger partial charge < -0.3 is 15.2 Å². The number of rotatable bonds is 5. The predicted molar refractivity (Wildman–Crippen MR) is 108 cm³/mol. The summed E-state index contributed by atoms with van der Waals surface area (Å²) in [5.74, 6) is 0.479. The van der Waals surface area contributed by atoms with Crippen LogP contribution in [0.3, 0.4) is 0 Å². The van der Waals surface area contributed by atoms with E-state index in [2.05, 4.69) is 15.8 Å². The quantitative estimate of drug-likeness (QED) is 0.518. The van der Waals surface area contributed by atoms with Gasteiger partial charge in [0.2, 0.25) is 0 Å². The van der Waals surface area contributed by atoms with E-state index >= 15 is 0 Å². The molecule has 0 bridgehead atoms. The van der Waals surface area contributed by atoms with Crippen molar-refractivity contribution in [1.29, 1.82) is 0 Å². The van der Waals surface area contributed by atoms with Crippen molar-refractivity contribution in [3.05, 3.63) is 51.7 Å². The summed E-state index contributed by atoms with van der Waals surface area (Å²) in [4.78, 5) is 26.1. The van der Waals surface area contributed by atoms with Crippen molar-refractivity contribution in [2.24, 2.45) is 0 Å². The first-order chi connectivity index (χ1) is 12.9. The van der Waals surface area contributed by atoms with Crippen molar-refractivity contribution < 1.29 is 14.1 Å². The highest BCUT2D eigenvalue weighted by Gasteiger charge is 2.19. The molecule has 8 heteroatoms. The number of nitrogens with zero attached hydrogens (tertiary/aromatic N) is 1. The molecule has 2 heterocycles. The molecule has 0 fully saturated rings. The summed E-state index contributed by atoms with van der Waals surface area (Å²) < 4.78 is 5.04. The van der Waals surface area contributed by atoms with Crippen LogP contribution in [0.15, 0.2) is 34.9 Å². The van der Waals surface area contributed by atoms with Crippen LogP contribution in [0.4, 0.5) is 16.2 Å². The number of thiophene rings is 1. The Morgan fingerprint density at radius 1 is 1.19 bits per heavy atom. The number of aryl methyl sites for hydroxylation is 2. The zero-order valence-electron chi connectivity index (χ0n) is 15.1. The molecule has 0 saturated heterocycles. The average Bonchev–Trinajstić information content (AvgIpc) is 3.20. The van der Waals surface area contributed by atoms with Crippen LogP contribution in [-0.2, 0) is 0 Å². The third-order valence-corrected chi connectivity index (χ3v) is 5.43. The smallest absolute Gasteiger partial charge is 0.323 e. The van der Waals surface area contributed by atoms with Gasteiger partial charge in [0.25, 0.3) is 0 Å². The van der Waals surface area contributed by atoms with Gasteiger partial charge in [-0.15, -0.1) is 11.3 Å². The fourth-order valence-corrected chi connectivity index (χ4v) is 3.79. The Labute approximate surface area is 165 Å². The molecular formula is C19H18ClN3O3S. The molecule has 0 unspecified atom stereocenters. The number of urea groups is 1. The lowest BCUT2D eigenvalue weighted by atomic mass is 10.1. The fourth-order valence-electron chi connectivity index (χ4n) is 2.54. The van der Waals surface area contributed by atoms with Gasteiger partial charge in [0.05, 0.1) is 10.6 Å². The number of carbonyl (C=O) groups excluding carboxylic acids is 2. The third-order valence-electron chi connectivity index (χ3n) is 3.96. The van der Waals surface area contributed by atoms with Crippen molar-refractivity contribution in [2.75, 3.05) is 10.6 Å². The molecular weight excluding hydrogens is 386 g/mol. The number of nitrogens with one attached hydrogen (secondary N) is 2. The van der Waals surface area contributed by atoms with Gasteiger partial charge in [-0.05, 0) is 37.6 Å². The standard InChI is InChI=1S/C19H18ClN3O3S/c1-4-15(24)18-14(9-16(27-18)12-5-7-13(20)8-6-12)21-19(25)22-17-10(2)23-26-11(17)3/h5-9H,4H2,1-3H3,(H2,21,22,25). The highest BCUT2D eigenvalue weighted by molar-refractivity contribution is 7.18. The maximum Gasteiger partial charge on any atom is 0.323 e. The molecule has 0 atom stereocenters. The van der Waals surface area contributed by atoms with Crippen LogP contribution in [-0.4, -0.2) is 17.0 Å². The van der Waals surface area contributed by atoms with E-state index in [0.29, 0.717) is 39.1 Å². The summed E-state index contributed by atoms with van der Waals surface area (Å²) >= 11 is 7.28. The lowest BCUT2D eigenvalue weighted by Gasteiger charge is -2.07. The molecule has 0 saturated carbocycles. The summed E-state index contributed by atoms with van der Waals surface area (Å²) in [5.41, 5.74) is 2.50. The minimum Gasteiger partial charge on any atom is -0.359 e. The summed E-state index contributed by atoms with van der Waals surface area (Å²) in [6.45, 7) is 5.24. The van der Waals surface area contributed by atoms with Gasteiger partial charge in [0, 0.05) is 16.3 Å². The second-order valence-electron chi connectivity index (χ2n) is 5.92. The average molecular weight is 404 g/mol.